The molecule has 0 N–H and O–H groups in total. The highest BCUT2D eigenvalue weighted by molar-refractivity contribution is 6.01. The lowest BCUT2D eigenvalue weighted by Gasteiger charge is -2.47. The number of hydrogen-bond acceptors (Lipinski definition) is 10. The molecule has 3 fully saturated rings. The zero-order chi connectivity index (χ0) is 38.8. The van der Waals surface area contributed by atoms with Crippen LogP contribution < -0.4 is 14.4 Å². The van der Waals surface area contributed by atoms with E-state index in [-0.39, 0.29) is 64.8 Å². The Balaban J connectivity index is 1.29. The second kappa shape index (κ2) is 14.2. The molecule has 0 spiro atoms. The number of alkyl halides is 1. The number of halogens is 4. The monoisotopic (exact) mass is 766 g/mol. The zero-order valence-corrected chi connectivity index (χ0v) is 31.8. The summed E-state index contributed by atoms with van der Waals surface area (Å²) < 4.78 is 85.6. The van der Waals surface area contributed by atoms with Gasteiger partial charge in [-0.1, -0.05) is 13.0 Å². The molecule has 1 amide bonds. The van der Waals surface area contributed by atoms with Crippen LogP contribution in [0.3, 0.4) is 0 Å². The summed E-state index contributed by atoms with van der Waals surface area (Å²) in [4.78, 5) is 33.9. The first-order chi connectivity index (χ1) is 26.3. The molecule has 4 aliphatic rings. The van der Waals surface area contributed by atoms with Crippen molar-refractivity contribution in [2.24, 2.45) is 0 Å². The third-order valence-corrected chi connectivity index (χ3v) is 11.5. The summed E-state index contributed by atoms with van der Waals surface area (Å²) in [5, 5.41) is 0.487. The maximum absolute atomic E-state index is 17.4. The Morgan fingerprint density at radius 2 is 1.84 bits per heavy atom. The summed E-state index contributed by atoms with van der Waals surface area (Å²) >= 11 is 0. The Bertz CT molecular complexity index is 2150. The quantitative estimate of drug-likeness (QED) is 0.134. The molecule has 2 aromatic carbocycles. The summed E-state index contributed by atoms with van der Waals surface area (Å²) in [6.07, 6.45) is 2.05. The van der Waals surface area contributed by atoms with Crippen LogP contribution in [0, 0.1) is 17.5 Å². The van der Waals surface area contributed by atoms with Gasteiger partial charge in [-0.25, -0.2) is 27.3 Å². The summed E-state index contributed by atoms with van der Waals surface area (Å²) in [5.74, 6) is -2.47. The predicted molar refractivity (Wildman–Crippen MR) is 198 cm³/mol. The lowest BCUT2D eigenvalue weighted by molar-refractivity contribution is 0.00800. The van der Waals surface area contributed by atoms with E-state index in [1.807, 2.05) is 27.7 Å². The van der Waals surface area contributed by atoms with Gasteiger partial charge in [-0.3, -0.25) is 4.90 Å². The van der Waals surface area contributed by atoms with Crippen LogP contribution in [0.1, 0.15) is 65.5 Å². The van der Waals surface area contributed by atoms with Crippen molar-refractivity contribution in [3.05, 3.63) is 47.4 Å². The van der Waals surface area contributed by atoms with Crippen molar-refractivity contribution in [1.29, 1.82) is 0 Å². The van der Waals surface area contributed by atoms with E-state index in [4.69, 9.17) is 28.9 Å². The van der Waals surface area contributed by atoms with Gasteiger partial charge in [-0.15, -0.1) is 0 Å². The van der Waals surface area contributed by atoms with E-state index < -0.39 is 40.9 Å². The predicted octanol–water partition coefficient (Wildman–Crippen LogP) is 7.35. The molecule has 11 nitrogen and oxygen atoms in total. The number of rotatable bonds is 8. The fourth-order valence-electron chi connectivity index (χ4n) is 9.15. The molecule has 8 rings (SSSR count). The molecular formula is C40H46F4N6O5. The minimum Gasteiger partial charge on any atom is -0.468 e. The van der Waals surface area contributed by atoms with Gasteiger partial charge < -0.3 is 28.7 Å². The van der Waals surface area contributed by atoms with Gasteiger partial charge in [0.25, 0.3) is 0 Å². The molecule has 6 heterocycles. The average Bonchev–Trinajstić information content (AvgIpc) is 3.62. The van der Waals surface area contributed by atoms with E-state index in [0.717, 1.165) is 25.5 Å². The van der Waals surface area contributed by atoms with E-state index in [1.54, 1.807) is 4.90 Å². The van der Waals surface area contributed by atoms with Gasteiger partial charge in [0.15, 0.2) is 24.2 Å². The van der Waals surface area contributed by atoms with Crippen LogP contribution in [-0.2, 0) is 15.9 Å². The molecule has 0 bridgehead atoms. The average molecular weight is 767 g/mol. The molecule has 4 aromatic rings. The van der Waals surface area contributed by atoms with Gasteiger partial charge in [0.1, 0.15) is 41.2 Å². The minimum absolute atomic E-state index is 0.0242. The number of carbonyl (C=O) groups is 1. The number of aryl methyl sites for hydroxylation is 1. The SMILES string of the molecule is CC[C@H]1[C@H]2CCc3nc(-c4cc(OCOC)cc5ccc(F)c(F)c45)c(F)c4nc(OC[C@@]56CCCN5C[C@H](F)C6)nc(c34)N2CCN1C(=O)OC(C)(C)C. The van der Waals surface area contributed by atoms with Gasteiger partial charge in [0, 0.05) is 44.1 Å². The Kier molecular flexibility index (Phi) is 9.67. The molecule has 4 atom stereocenters. The number of nitrogens with zero attached hydrogens (tertiary/aromatic N) is 6. The van der Waals surface area contributed by atoms with Crippen molar-refractivity contribution in [2.75, 3.05) is 51.6 Å². The molecular weight excluding hydrogens is 720 g/mol. The highest BCUT2D eigenvalue weighted by atomic mass is 19.2. The van der Waals surface area contributed by atoms with Crippen molar-refractivity contribution < 1.29 is 41.3 Å². The summed E-state index contributed by atoms with van der Waals surface area (Å²) in [5.41, 5.74) is -1.10. The number of anilines is 1. The van der Waals surface area contributed by atoms with Crippen molar-refractivity contribution in [3.8, 4) is 23.0 Å². The Hall–Kier alpha value is -4.50. The number of methoxy groups -OCH3 is 1. The third-order valence-electron chi connectivity index (χ3n) is 11.5. The first-order valence-corrected chi connectivity index (χ1v) is 19.0. The number of hydrogen-bond donors (Lipinski definition) is 0. The molecule has 3 saturated heterocycles. The van der Waals surface area contributed by atoms with Gasteiger partial charge in [0.05, 0.1) is 28.7 Å². The molecule has 0 aliphatic carbocycles. The van der Waals surface area contributed by atoms with Crippen LogP contribution in [-0.4, -0.2) is 107 Å². The molecule has 2 aromatic heterocycles. The number of benzene rings is 2. The molecule has 4 aliphatic heterocycles. The number of amides is 1. The van der Waals surface area contributed by atoms with E-state index in [2.05, 4.69) is 14.8 Å². The van der Waals surface area contributed by atoms with Gasteiger partial charge in [-0.05, 0) is 83.0 Å². The van der Waals surface area contributed by atoms with E-state index >= 15 is 8.78 Å². The molecule has 294 valence electrons. The van der Waals surface area contributed by atoms with Gasteiger partial charge >= 0.3 is 12.1 Å². The first-order valence-electron chi connectivity index (χ1n) is 19.0. The normalized spacial score (nSPS) is 23.9. The molecule has 55 heavy (non-hydrogen) atoms. The lowest BCUT2D eigenvalue weighted by Crippen LogP contribution is -2.61. The Morgan fingerprint density at radius 3 is 2.60 bits per heavy atom. The largest absolute Gasteiger partial charge is 0.468 e. The van der Waals surface area contributed by atoms with Crippen molar-refractivity contribution in [3.63, 3.8) is 0 Å². The van der Waals surface area contributed by atoms with E-state index in [1.165, 1.54) is 25.3 Å². The van der Waals surface area contributed by atoms with Crippen molar-refractivity contribution in [2.45, 2.75) is 95.6 Å². The fraction of sp³-hybridized carbons (Fsp3) is 0.550. The smallest absolute Gasteiger partial charge is 0.410 e. The summed E-state index contributed by atoms with van der Waals surface area (Å²) in [7, 11) is 1.45. The van der Waals surface area contributed by atoms with Crippen molar-refractivity contribution in [1.82, 2.24) is 24.8 Å². The van der Waals surface area contributed by atoms with E-state index in [9.17, 15) is 13.6 Å². The van der Waals surface area contributed by atoms with Crippen LogP contribution in [0.25, 0.3) is 32.9 Å². The minimum atomic E-state index is -1.15. The van der Waals surface area contributed by atoms with Crippen LogP contribution in [0.5, 0.6) is 11.8 Å². The molecule has 0 radical (unpaired) electrons. The second-order valence-electron chi connectivity index (χ2n) is 16.1. The Labute approximate surface area is 316 Å². The number of aromatic nitrogens is 3. The van der Waals surface area contributed by atoms with Crippen LogP contribution in [0.15, 0.2) is 24.3 Å². The Morgan fingerprint density at radius 1 is 1.02 bits per heavy atom. The third kappa shape index (κ3) is 6.66. The van der Waals surface area contributed by atoms with Gasteiger partial charge in [-0.2, -0.15) is 9.97 Å². The topological polar surface area (TPSA) is 102 Å². The number of ether oxygens (including phenoxy) is 4. The van der Waals surface area contributed by atoms with Crippen LogP contribution in [0.4, 0.5) is 28.2 Å². The number of piperazine rings is 1. The first kappa shape index (κ1) is 37.4. The summed E-state index contributed by atoms with van der Waals surface area (Å²) in [6, 6.07) is 4.71. The highest BCUT2D eigenvalue weighted by Gasteiger charge is 2.50. The zero-order valence-electron chi connectivity index (χ0n) is 31.8. The number of fused-ring (bicyclic) bond motifs is 4. The molecule has 0 saturated carbocycles. The summed E-state index contributed by atoms with van der Waals surface area (Å²) in [6.45, 7) is 9.26. The maximum Gasteiger partial charge on any atom is 0.410 e. The lowest BCUT2D eigenvalue weighted by atomic mass is 9.95. The number of pyridine rings is 1. The molecule has 15 heteroatoms. The van der Waals surface area contributed by atoms with Gasteiger partial charge in [0.2, 0.25) is 0 Å². The highest BCUT2D eigenvalue weighted by Crippen LogP contribution is 2.44. The molecule has 0 unspecified atom stereocenters. The maximum atomic E-state index is 17.4. The standard InChI is InChI=1S/C40H46F4N6O5/c1-6-28-29-11-10-27-31-35(33(44)34(45-27)25-17-24(54-21-52-5)16-22-8-9-26(42)32(43)30(22)25)46-37(53-20-40-12-7-13-48(40)19-23(41)18-40)47-36(31)49(29)14-15-50(28)38(51)55-39(2,3)4/h8-9,16-17,23,28-29H,6-7,10-15,18-21H2,1-5H3/t23-,28+,29-,40+/m1/s1. The van der Waals surface area contributed by atoms with Crippen molar-refractivity contribution >= 4 is 33.6 Å². The second-order valence-corrected chi connectivity index (χ2v) is 16.1. The van der Waals surface area contributed by atoms with Crippen LogP contribution in [0.2, 0.25) is 0 Å². The van der Waals surface area contributed by atoms with E-state index in [0.29, 0.717) is 62.2 Å². The van der Waals surface area contributed by atoms with Crippen LogP contribution >= 0.6 is 0 Å². The fourth-order valence-corrected chi connectivity index (χ4v) is 9.15. The number of carbonyl (C=O) groups excluding carboxylic acids is 1.